The first-order valence-corrected chi connectivity index (χ1v) is 8.06. The summed E-state index contributed by atoms with van der Waals surface area (Å²) >= 11 is 0. The van der Waals surface area contributed by atoms with E-state index in [-0.39, 0.29) is 30.4 Å². The number of likely N-dealkylation sites (N-methyl/N-ethyl adjacent to an activating group) is 1. The van der Waals surface area contributed by atoms with Crippen molar-refractivity contribution in [2.75, 3.05) is 18.6 Å². The van der Waals surface area contributed by atoms with Crippen LogP contribution < -0.4 is 15.2 Å². The fraction of sp³-hybridized carbons (Fsp3) is 0.158. The molecule has 1 aromatic heterocycles. The van der Waals surface area contributed by atoms with Crippen molar-refractivity contribution >= 4 is 28.2 Å². The van der Waals surface area contributed by atoms with Gasteiger partial charge in [-0.15, -0.1) is 0 Å². The summed E-state index contributed by atoms with van der Waals surface area (Å²) in [5.41, 5.74) is 0.603. The van der Waals surface area contributed by atoms with Crippen molar-refractivity contribution in [2.45, 2.75) is 6.54 Å². The highest BCUT2D eigenvalue weighted by atomic mass is 16.5. The highest BCUT2D eigenvalue weighted by Crippen LogP contribution is 2.32. The average Bonchev–Trinajstić information content (AvgIpc) is 2.67. The molecule has 2 heterocycles. The van der Waals surface area contributed by atoms with Gasteiger partial charge in [-0.25, -0.2) is 4.68 Å². The van der Waals surface area contributed by atoms with Crippen LogP contribution >= 0.6 is 0 Å². The summed E-state index contributed by atoms with van der Waals surface area (Å²) in [5, 5.41) is 5.32. The summed E-state index contributed by atoms with van der Waals surface area (Å²) < 4.78 is 6.50. The summed E-state index contributed by atoms with van der Waals surface area (Å²) in [6.07, 6.45) is 1.57. The second-order valence-corrected chi connectivity index (χ2v) is 6.04. The van der Waals surface area contributed by atoms with Crippen molar-refractivity contribution in [1.29, 1.82) is 0 Å². The zero-order valence-electron chi connectivity index (χ0n) is 14.0. The van der Waals surface area contributed by atoms with Crippen LogP contribution in [0.25, 0.3) is 10.8 Å². The fourth-order valence-electron chi connectivity index (χ4n) is 2.91. The normalized spacial score (nSPS) is 13.4. The topological polar surface area (TPSA) is 81.5 Å². The van der Waals surface area contributed by atoms with Gasteiger partial charge in [0.05, 0.1) is 17.3 Å². The Hall–Kier alpha value is -3.48. The molecule has 0 spiro atoms. The van der Waals surface area contributed by atoms with Gasteiger partial charge in [0.15, 0.2) is 12.4 Å². The number of ether oxygens (including phenoxy) is 1. The second-order valence-electron chi connectivity index (χ2n) is 6.04. The van der Waals surface area contributed by atoms with E-state index in [0.717, 1.165) is 10.1 Å². The number of nitrogens with zero attached hydrogens (tertiary/aromatic N) is 3. The van der Waals surface area contributed by atoms with Crippen molar-refractivity contribution < 1.29 is 14.3 Å². The first kappa shape index (κ1) is 16.0. The van der Waals surface area contributed by atoms with Gasteiger partial charge in [-0.05, 0) is 24.3 Å². The molecule has 1 aliphatic rings. The van der Waals surface area contributed by atoms with E-state index in [4.69, 9.17) is 4.74 Å². The van der Waals surface area contributed by atoms with Crippen molar-refractivity contribution in [3.05, 3.63) is 64.6 Å². The first-order chi connectivity index (χ1) is 12.5. The quantitative estimate of drug-likeness (QED) is 0.672. The first-order valence-electron chi connectivity index (χ1n) is 8.06. The predicted octanol–water partition coefficient (Wildman–Crippen LogP) is 1.63. The molecule has 7 heteroatoms. The SMILES string of the molecule is CN1C(=O)COc2ccc(C(=O)Cn3ncc4ccccc4c3=O)cc21. The lowest BCUT2D eigenvalue weighted by molar-refractivity contribution is -0.120. The van der Waals surface area contributed by atoms with E-state index >= 15 is 0 Å². The highest BCUT2D eigenvalue weighted by molar-refractivity contribution is 6.01. The van der Waals surface area contributed by atoms with E-state index in [2.05, 4.69) is 5.10 Å². The van der Waals surface area contributed by atoms with Crippen LogP contribution in [0.1, 0.15) is 10.4 Å². The Morgan fingerprint density at radius 3 is 2.85 bits per heavy atom. The molecule has 1 amide bonds. The zero-order chi connectivity index (χ0) is 18.3. The van der Waals surface area contributed by atoms with Crippen LogP contribution in [-0.2, 0) is 11.3 Å². The maximum Gasteiger partial charge on any atom is 0.275 e. The van der Waals surface area contributed by atoms with Crippen molar-refractivity contribution in [3.8, 4) is 5.75 Å². The number of fused-ring (bicyclic) bond motifs is 2. The van der Waals surface area contributed by atoms with E-state index < -0.39 is 0 Å². The molecule has 0 N–H and O–H groups in total. The second kappa shape index (κ2) is 6.11. The molecule has 2 aromatic carbocycles. The van der Waals surface area contributed by atoms with Crippen molar-refractivity contribution in [1.82, 2.24) is 9.78 Å². The Morgan fingerprint density at radius 2 is 2.00 bits per heavy atom. The van der Waals surface area contributed by atoms with Gasteiger partial charge >= 0.3 is 0 Å². The van der Waals surface area contributed by atoms with Crippen LogP contribution in [0.2, 0.25) is 0 Å². The lowest BCUT2D eigenvalue weighted by Gasteiger charge is -2.26. The molecule has 0 aliphatic carbocycles. The van der Waals surface area contributed by atoms with Crippen LogP contribution in [0.4, 0.5) is 5.69 Å². The van der Waals surface area contributed by atoms with E-state index in [9.17, 15) is 14.4 Å². The third-order valence-corrected chi connectivity index (χ3v) is 4.42. The third-order valence-electron chi connectivity index (χ3n) is 4.42. The van der Waals surface area contributed by atoms with Crippen molar-refractivity contribution in [3.63, 3.8) is 0 Å². The number of hydrogen-bond acceptors (Lipinski definition) is 5. The largest absolute Gasteiger partial charge is 0.482 e. The monoisotopic (exact) mass is 349 g/mol. The van der Waals surface area contributed by atoms with Crippen LogP contribution in [0.5, 0.6) is 5.75 Å². The summed E-state index contributed by atoms with van der Waals surface area (Å²) in [6.45, 7) is -0.200. The van der Waals surface area contributed by atoms with Crippen LogP contribution in [0, 0.1) is 0 Å². The van der Waals surface area contributed by atoms with Gasteiger partial charge in [0, 0.05) is 18.0 Å². The van der Waals surface area contributed by atoms with Gasteiger partial charge in [0.1, 0.15) is 12.3 Å². The standard InChI is InChI=1S/C19H15N3O4/c1-21-15-8-12(6-7-17(15)26-11-18(21)24)16(23)10-22-19(25)14-5-3-2-4-13(14)9-20-22/h2-9H,10-11H2,1H3. The number of Topliss-reactive ketones (excluding diaryl/α,β-unsaturated/α-hetero) is 1. The van der Waals surface area contributed by atoms with Crippen molar-refractivity contribution in [2.24, 2.45) is 0 Å². The predicted molar refractivity (Wildman–Crippen MR) is 95.7 cm³/mol. The summed E-state index contributed by atoms with van der Waals surface area (Å²) in [4.78, 5) is 38.3. The lowest BCUT2D eigenvalue weighted by atomic mass is 10.1. The fourth-order valence-corrected chi connectivity index (χ4v) is 2.91. The van der Waals surface area contributed by atoms with E-state index in [1.165, 1.54) is 4.90 Å². The minimum Gasteiger partial charge on any atom is -0.482 e. The Morgan fingerprint density at radius 1 is 1.19 bits per heavy atom. The average molecular weight is 349 g/mol. The molecule has 7 nitrogen and oxygen atoms in total. The third kappa shape index (κ3) is 2.63. The Bertz CT molecular complexity index is 1100. The molecule has 1 aliphatic heterocycles. The number of carbonyl (C=O) groups excluding carboxylic acids is 2. The molecule has 0 atom stereocenters. The summed E-state index contributed by atoms with van der Waals surface area (Å²) in [7, 11) is 1.63. The maximum atomic E-state index is 12.6. The Balaban J connectivity index is 1.66. The molecule has 0 saturated carbocycles. The highest BCUT2D eigenvalue weighted by Gasteiger charge is 2.23. The van der Waals surface area contributed by atoms with E-state index in [1.807, 2.05) is 6.07 Å². The number of amides is 1. The molecule has 130 valence electrons. The number of rotatable bonds is 3. The van der Waals surface area contributed by atoms with Gasteiger partial charge in [-0.3, -0.25) is 14.4 Å². The van der Waals surface area contributed by atoms with Crippen LogP contribution in [-0.4, -0.2) is 35.1 Å². The van der Waals surface area contributed by atoms with Crippen LogP contribution in [0.15, 0.2) is 53.5 Å². The molecular formula is C19H15N3O4. The number of benzene rings is 2. The molecular weight excluding hydrogens is 334 g/mol. The molecule has 3 aromatic rings. The molecule has 26 heavy (non-hydrogen) atoms. The molecule has 0 bridgehead atoms. The van der Waals surface area contributed by atoms with Gasteiger partial charge < -0.3 is 9.64 Å². The number of ketones is 1. The smallest absolute Gasteiger partial charge is 0.275 e. The maximum absolute atomic E-state index is 12.6. The summed E-state index contributed by atoms with van der Waals surface area (Å²) in [5.74, 6) is 0.0864. The number of hydrogen-bond donors (Lipinski definition) is 0. The molecule has 0 fully saturated rings. The van der Waals surface area contributed by atoms with Gasteiger partial charge in [0.2, 0.25) is 0 Å². The minimum absolute atomic E-state index is 0.0206. The molecule has 0 unspecified atom stereocenters. The Labute approximate surface area is 148 Å². The number of aromatic nitrogens is 2. The van der Waals surface area contributed by atoms with Crippen LogP contribution in [0.3, 0.4) is 0 Å². The van der Waals surface area contributed by atoms with E-state index in [0.29, 0.717) is 22.4 Å². The van der Waals surface area contributed by atoms with Gasteiger partial charge in [0.25, 0.3) is 11.5 Å². The number of carbonyl (C=O) groups is 2. The van der Waals surface area contributed by atoms with Gasteiger partial charge in [-0.2, -0.15) is 5.10 Å². The van der Waals surface area contributed by atoms with E-state index in [1.54, 1.807) is 49.6 Å². The minimum atomic E-state index is -0.315. The summed E-state index contributed by atoms with van der Waals surface area (Å²) in [6, 6.07) is 12.0. The van der Waals surface area contributed by atoms with Gasteiger partial charge in [-0.1, -0.05) is 18.2 Å². The number of anilines is 1. The molecule has 4 rings (SSSR count). The Kier molecular flexibility index (Phi) is 3.76. The molecule has 0 radical (unpaired) electrons. The zero-order valence-corrected chi connectivity index (χ0v) is 14.0. The molecule has 0 saturated heterocycles. The lowest BCUT2D eigenvalue weighted by Crippen LogP contribution is -2.35.